The van der Waals surface area contributed by atoms with Crippen molar-refractivity contribution >= 4 is 46.0 Å². The van der Waals surface area contributed by atoms with E-state index in [2.05, 4.69) is 34.3 Å². The zero-order valence-electron chi connectivity index (χ0n) is 11.5. The number of nitrogens with zero attached hydrogens (tertiary/aromatic N) is 2. The molecule has 2 aromatic rings. The van der Waals surface area contributed by atoms with E-state index in [4.69, 9.17) is 23.2 Å². The number of fused-ring (bicyclic) bond motifs is 1. The lowest BCUT2D eigenvalue weighted by Gasteiger charge is -2.16. The Morgan fingerprint density at radius 2 is 2.25 bits per heavy atom. The first-order valence-corrected chi connectivity index (χ1v) is 9.03. The van der Waals surface area contributed by atoms with Gasteiger partial charge in [0.05, 0.1) is 16.4 Å². The molecule has 0 aliphatic heterocycles. The van der Waals surface area contributed by atoms with Crippen LogP contribution in [0, 0.1) is 0 Å². The molecule has 1 heterocycles. The number of rotatable bonds is 4. The smallest absolute Gasteiger partial charge is 0.125 e. The van der Waals surface area contributed by atoms with Gasteiger partial charge in [0.15, 0.2) is 0 Å². The maximum absolute atomic E-state index is 6.26. The summed E-state index contributed by atoms with van der Waals surface area (Å²) in [6, 6.07) is 6.50. The highest BCUT2D eigenvalue weighted by Crippen LogP contribution is 2.40. The van der Waals surface area contributed by atoms with Gasteiger partial charge in [-0.05, 0) is 37.1 Å². The largest absolute Gasteiger partial charge is 0.324 e. The second-order valence-electron chi connectivity index (χ2n) is 5.18. The van der Waals surface area contributed by atoms with E-state index in [0.717, 1.165) is 22.1 Å². The van der Waals surface area contributed by atoms with Crippen LogP contribution in [0.15, 0.2) is 18.2 Å². The predicted molar refractivity (Wildman–Crippen MR) is 89.1 cm³/mol. The van der Waals surface area contributed by atoms with Gasteiger partial charge in [-0.3, -0.25) is 0 Å². The van der Waals surface area contributed by atoms with Crippen molar-refractivity contribution in [1.29, 1.82) is 0 Å². The van der Waals surface area contributed by atoms with Crippen LogP contribution in [0.2, 0.25) is 5.02 Å². The summed E-state index contributed by atoms with van der Waals surface area (Å²) in [5.74, 6) is 2.57. The molecule has 108 valence electrons. The summed E-state index contributed by atoms with van der Waals surface area (Å²) in [4.78, 5) is 4.64. The maximum atomic E-state index is 6.26. The van der Waals surface area contributed by atoms with Crippen molar-refractivity contribution in [3.8, 4) is 0 Å². The van der Waals surface area contributed by atoms with Gasteiger partial charge >= 0.3 is 0 Å². The highest BCUT2D eigenvalue weighted by molar-refractivity contribution is 7.99. The standard InChI is InChI=1S/C15H18Cl2N2S/c1-2-20-11-7-6-10(8-11)19-13-5-3-4-12(17)15(13)18-14(19)9-16/h3-5,10-11H,2,6-9H2,1H3. The molecule has 0 saturated heterocycles. The van der Waals surface area contributed by atoms with Crippen LogP contribution in [0.4, 0.5) is 0 Å². The molecule has 1 aliphatic carbocycles. The van der Waals surface area contributed by atoms with Gasteiger partial charge in [0, 0.05) is 11.3 Å². The lowest BCUT2D eigenvalue weighted by Crippen LogP contribution is -2.09. The Morgan fingerprint density at radius 1 is 1.40 bits per heavy atom. The van der Waals surface area contributed by atoms with E-state index < -0.39 is 0 Å². The lowest BCUT2D eigenvalue weighted by molar-refractivity contribution is 0.519. The van der Waals surface area contributed by atoms with Gasteiger partial charge in [0.25, 0.3) is 0 Å². The van der Waals surface area contributed by atoms with E-state index in [1.165, 1.54) is 25.0 Å². The minimum atomic E-state index is 0.438. The minimum absolute atomic E-state index is 0.438. The van der Waals surface area contributed by atoms with E-state index in [1.807, 2.05) is 12.1 Å². The minimum Gasteiger partial charge on any atom is -0.324 e. The average molecular weight is 329 g/mol. The molecule has 5 heteroatoms. The molecule has 0 amide bonds. The van der Waals surface area contributed by atoms with Crippen LogP contribution in [0.1, 0.15) is 38.1 Å². The van der Waals surface area contributed by atoms with Gasteiger partial charge < -0.3 is 4.57 Å². The number of halogens is 2. The lowest BCUT2D eigenvalue weighted by atomic mass is 10.2. The number of para-hydroxylation sites is 1. The summed E-state index contributed by atoms with van der Waals surface area (Å²) < 4.78 is 2.32. The van der Waals surface area contributed by atoms with Crippen LogP contribution in [0.25, 0.3) is 11.0 Å². The number of thioether (sulfide) groups is 1. The summed E-state index contributed by atoms with van der Waals surface area (Å²) in [5, 5.41) is 1.48. The number of hydrogen-bond donors (Lipinski definition) is 0. The van der Waals surface area contributed by atoms with Crippen molar-refractivity contribution in [2.24, 2.45) is 0 Å². The molecular weight excluding hydrogens is 311 g/mol. The van der Waals surface area contributed by atoms with Crippen LogP contribution in [0.5, 0.6) is 0 Å². The fourth-order valence-electron chi connectivity index (χ4n) is 3.17. The summed E-state index contributed by atoms with van der Waals surface area (Å²) >= 11 is 14.4. The summed E-state index contributed by atoms with van der Waals surface area (Å²) in [5.41, 5.74) is 2.01. The highest BCUT2D eigenvalue weighted by atomic mass is 35.5. The number of hydrogen-bond acceptors (Lipinski definition) is 2. The quantitative estimate of drug-likeness (QED) is 0.711. The van der Waals surface area contributed by atoms with Gasteiger partial charge in [-0.2, -0.15) is 11.8 Å². The maximum Gasteiger partial charge on any atom is 0.125 e. The Bertz CT molecular complexity index is 611. The van der Waals surface area contributed by atoms with Crippen LogP contribution in [-0.4, -0.2) is 20.6 Å². The van der Waals surface area contributed by atoms with Crippen LogP contribution in [-0.2, 0) is 5.88 Å². The zero-order valence-corrected chi connectivity index (χ0v) is 13.8. The first-order valence-electron chi connectivity index (χ1n) is 7.07. The van der Waals surface area contributed by atoms with Crippen molar-refractivity contribution in [3.63, 3.8) is 0 Å². The Labute approximate surface area is 133 Å². The van der Waals surface area contributed by atoms with E-state index >= 15 is 0 Å². The summed E-state index contributed by atoms with van der Waals surface area (Å²) in [7, 11) is 0. The molecule has 1 saturated carbocycles. The number of alkyl halides is 1. The van der Waals surface area contributed by atoms with Crippen molar-refractivity contribution in [3.05, 3.63) is 29.0 Å². The molecule has 2 atom stereocenters. The van der Waals surface area contributed by atoms with Gasteiger partial charge in [0.1, 0.15) is 11.3 Å². The fourth-order valence-corrected chi connectivity index (χ4v) is 4.70. The van der Waals surface area contributed by atoms with Crippen LogP contribution in [0.3, 0.4) is 0 Å². The molecule has 1 aromatic carbocycles. The third-order valence-corrected chi connectivity index (χ3v) is 5.76. The fraction of sp³-hybridized carbons (Fsp3) is 0.533. The summed E-state index contributed by atoms with van der Waals surface area (Å²) in [6.07, 6.45) is 3.70. The molecule has 2 nitrogen and oxygen atoms in total. The zero-order chi connectivity index (χ0) is 14.1. The van der Waals surface area contributed by atoms with E-state index in [-0.39, 0.29) is 0 Å². The van der Waals surface area contributed by atoms with Gasteiger partial charge in [-0.25, -0.2) is 4.98 Å². The SMILES string of the molecule is CCSC1CCC(n2c(CCl)nc3c(Cl)cccc32)C1. The predicted octanol–water partition coefficient (Wildman–Crippen LogP) is 5.28. The Kier molecular flexibility index (Phi) is 4.49. The van der Waals surface area contributed by atoms with Crippen molar-refractivity contribution in [1.82, 2.24) is 9.55 Å². The monoisotopic (exact) mass is 328 g/mol. The molecule has 3 rings (SSSR count). The molecule has 20 heavy (non-hydrogen) atoms. The second-order valence-corrected chi connectivity index (χ2v) is 7.44. The molecule has 1 aromatic heterocycles. The van der Waals surface area contributed by atoms with E-state index in [9.17, 15) is 0 Å². The molecule has 0 N–H and O–H groups in total. The Hall–Kier alpha value is -0.380. The first-order chi connectivity index (χ1) is 9.74. The Morgan fingerprint density at radius 3 is 3.00 bits per heavy atom. The van der Waals surface area contributed by atoms with Gasteiger partial charge in [0.2, 0.25) is 0 Å². The molecular formula is C15H18Cl2N2S. The number of imidazole rings is 1. The molecule has 0 spiro atoms. The number of benzene rings is 1. The molecule has 0 radical (unpaired) electrons. The molecule has 2 unspecified atom stereocenters. The number of aromatic nitrogens is 2. The van der Waals surface area contributed by atoms with E-state index in [0.29, 0.717) is 16.9 Å². The second kappa shape index (κ2) is 6.17. The summed E-state index contributed by atoms with van der Waals surface area (Å²) in [6.45, 7) is 2.23. The van der Waals surface area contributed by atoms with E-state index in [1.54, 1.807) is 0 Å². The van der Waals surface area contributed by atoms with Gasteiger partial charge in [-0.15, -0.1) is 11.6 Å². The molecule has 0 bridgehead atoms. The molecule has 1 fully saturated rings. The first kappa shape index (κ1) is 14.6. The average Bonchev–Trinajstić information content (AvgIpc) is 3.03. The Balaban J connectivity index is 2.00. The van der Waals surface area contributed by atoms with Crippen LogP contribution < -0.4 is 0 Å². The normalized spacial score (nSPS) is 22.8. The third kappa shape index (κ3) is 2.56. The third-order valence-electron chi connectivity index (χ3n) is 3.99. The van der Waals surface area contributed by atoms with Crippen molar-refractivity contribution in [2.45, 2.75) is 43.4 Å². The van der Waals surface area contributed by atoms with Gasteiger partial charge in [-0.1, -0.05) is 24.6 Å². The van der Waals surface area contributed by atoms with Crippen LogP contribution >= 0.6 is 35.0 Å². The van der Waals surface area contributed by atoms with Crippen molar-refractivity contribution < 1.29 is 0 Å². The van der Waals surface area contributed by atoms with Crippen molar-refractivity contribution in [2.75, 3.05) is 5.75 Å². The molecule has 1 aliphatic rings. The highest BCUT2D eigenvalue weighted by Gasteiger charge is 2.28. The topological polar surface area (TPSA) is 17.8 Å².